The lowest BCUT2D eigenvalue weighted by atomic mass is 10.2. The molecule has 1 atom stereocenters. The maximum Gasteiger partial charge on any atom is 0.412 e. The van der Waals surface area contributed by atoms with Gasteiger partial charge >= 0.3 is 6.09 Å². The van der Waals surface area contributed by atoms with E-state index in [0.717, 1.165) is 10.5 Å². The first-order valence-electron chi connectivity index (χ1n) is 4.89. The molecule has 1 fully saturated rings. The van der Waals surface area contributed by atoms with Gasteiger partial charge in [-0.2, -0.15) is 0 Å². The molecular formula is C11H12FNO2. The van der Waals surface area contributed by atoms with Crippen LogP contribution in [0, 0.1) is 0 Å². The van der Waals surface area contributed by atoms with Crippen LogP contribution in [-0.2, 0) is 11.3 Å². The average Bonchev–Trinajstić information content (AvgIpc) is 2.26. The molecule has 1 unspecified atom stereocenters. The van der Waals surface area contributed by atoms with E-state index in [0.29, 0.717) is 13.0 Å². The lowest BCUT2D eigenvalue weighted by Gasteiger charge is -2.33. The molecule has 0 bridgehead atoms. The van der Waals surface area contributed by atoms with E-state index in [4.69, 9.17) is 4.74 Å². The predicted molar refractivity (Wildman–Crippen MR) is 52.8 cm³/mol. The normalized spacial score (nSPS) is 19.5. The lowest BCUT2D eigenvalue weighted by Crippen LogP contribution is -2.48. The topological polar surface area (TPSA) is 29.5 Å². The predicted octanol–water partition coefficient (Wildman–Crippen LogP) is 2.32. The van der Waals surface area contributed by atoms with Gasteiger partial charge in [-0.15, -0.1) is 0 Å². The van der Waals surface area contributed by atoms with Crippen LogP contribution >= 0.6 is 0 Å². The van der Waals surface area contributed by atoms with E-state index in [-0.39, 0.29) is 6.61 Å². The third-order valence-corrected chi connectivity index (χ3v) is 2.39. The summed E-state index contributed by atoms with van der Waals surface area (Å²) in [7, 11) is 0. The van der Waals surface area contributed by atoms with E-state index in [9.17, 15) is 9.18 Å². The van der Waals surface area contributed by atoms with Gasteiger partial charge in [0.15, 0.2) is 6.30 Å². The number of likely N-dealkylation sites (tertiary alicyclic amines) is 1. The summed E-state index contributed by atoms with van der Waals surface area (Å²) >= 11 is 0. The Morgan fingerprint density at radius 2 is 2.20 bits per heavy atom. The van der Waals surface area contributed by atoms with Crippen LogP contribution in [0.25, 0.3) is 0 Å². The number of hydrogen-bond acceptors (Lipinski definition) is 2. The molecule has 0 saturated carbocycles. The van der Waals surface area contributed by atoms with E-state index in [2.05, 4.69) is 0 Å². The Bertz CT molecular complexity index is 342. The molecule has 1 heterocycles. The Balaban J connectivity index is 1.81. The number of rotatable bonds is 2. The van der Waals surface area contributed by atoms with Crippen molar-refractivity contribution in [1.29, 1.82) is 0 Å². The van der Waals surface area contributed by atoms with Crippen LogP contribution in [0.2, 0.25) is 0 Å². The largest absolute Gasteiger partial charge is 0.444 e. The molecular weight excluding hydrogens is 197 g/mol. The first-order valence-corrected chi connectivity index (χ1v) is 4.89. The molecule has 80 valence electrons. The Morgan fingerprint density at radius 1 is 1.47 bits per heavy atom. The summed E-state index contributed by atoms with van der Waals surface area (Å²) in [5.41, 5.74) is 0.904. The summed E-state index contributed by atoms with van der Waals surface area (Å²) in [6.07, 6.45) is -1.31. The van der Waals surface area contributed by atoms with Crippen LogP contribution in [0.5, 0.6) is 0 Å². The Hall–Kier alpha value is -1.58. The minimum Gasteiger partial charge on any atom is -0.444 e. The van der Waals surface area contributed by atoms with Gasteiger partial charge in [-0.1, -0.05) is 30.3 Å². The highest BCUT2D eigenvalue weighted by molar-refractivity contribution is 5.68. The van der Waals surface area contributed by atoms with E-state index in [1.807, 2.05) is 30.3 Å². The summed E-state index contributed by atoms with van der Waals surface area (Å²) in [6, 6.07) is 9.33. The summed E-state index contributed by atoms with van der Waals surface area (Å²) in [4.78, 5) is 12.4. The minimum atomic E-state index is -1.16. The molecule has 2 rings (SSSR count). The second kappa shape index (κ2) is 4.29. The van der Waals surface area contributed by atoms with Crippen molar-refractivity contribution >= 4 is 6.09 Å². The molecule has 1 aromatic rings. The van der Waals surface area contributed by atoms with Crippen molar-refractivity contribution < 1.29 is 13.9 Å². The summed E-state index contributed by atoms with van der Waals surface area (Å²) in [5, 5.41) is 0. The van der Waals surface area contributed by atoms with Crippen molar-refractivity contribution in [2.75, 3.05) is 6.54 Å². The number of carbonyl (C=O) groups excluding carboxylic acids is 1. The molecule has 1 aromatic carbocycles. The average molecular weight is 209 g/mol. The maximum absolute atomic E-state index is 12.8. The van der Waals surface area contributed by atoms with Crippen LogP contribution < -0.4 is 0 Å². The van der Waals surface area contributed by atoms with Crippen molar-refractivity contribution in [2.45, 2.75) is 19.3 Å². The standard InChI is InChI=1S/C11H12FNO2/c12-10-6-7-13(10)11(14)15-8-9-4-2-1-3-5-9/h1-5,10H,6-8H2. The zero-order valence-electron chi connectivity index (χ0n) is 8.23. The van der Waals surface area contributed by atoms with E-state index in [1.54, 1.807) is 0 Å². The van der Waals surface area contributed by atoms with Crippen LogP contribution in [0.4, 0.5) is 9.18 Å². The Kier molecular flexibility index (Phi) is 2.85. The smallest absolute Gasteiger partial charge is 0.412 e. The van der Waals surface area contributed by atoms with E-state index in [1.165, 1.54) is 0 Å². The molecule has 4 heteroatoms. The minimum absolute atomic E-state index is 0.197. The van der Waals surface area contributed by atoms with Gasteiger partial charge in [0, 0.05) is 13.0 Å². The van der Waals surface area contributed by atoms with Gasteiger partial charge in [0.05, 0.1) is 0 Å². The van der Waals surface area contributed by atoms with Gasteiger partial charge in [-0.25, -0.2) is 9.18 Å². The third-order valence-electron chi connectivity index (χ3n) is 2.39. The molecule has 15 heavy (non-hydrogen) atoms. The Morgan fingerprint density at radius 3 is 2.73 bits per heavy atom. The number of hydrogen-bond donors (Lipinski definition) is 0. The number of alkyl halides is 1. The highest BCUT2D eigenvalue weighted by Gasteiger charge is 2.33. The van der Waals surface area contributed by atoms with Crippen molar-refractivity contribution in [3.63, 3.8) is 0 Å². The molecule has 0 aromatic heterocycles. The van der Waals surface area contributed by atoms with E-state index < -0.39 is 12.4 Å². The SMILES string of the molecule is O=C(OCc1ccccc1)N1CCC1F. The van der Waals surface area contributed by atoms with Crippen molar-refractivity contribution in [2.24, 2.45) is 0 Å². The van der Waals surface area contributed by atoms with Gasteiger partial charge in [0.2, 0.25) is 0 Å². The molecule has 0 aliphatic carbocycles. The van der Waals surface area contributed by atoms with Crippen molar-refractivity contribution in [1.82, 2.24) is 4.90 Å². The quantitative estimate of drug-likeness (QED) is 0.699. The number of amides is 1. The third kappa shape index (κ3) is 2.26. The fourth-order valence-corrected chi connectivity index (χ4v) is 1.36. The number of benzene rings is 1. The monoisotopic (exact) mass is 209 g/mol. The zero-order chi connectivity index (χ0) is 10.7. The molecule has 3 nitrogen and oxygen atoms in total. The number of carbonyl (C=O) groups is 1. The first kappa shape index (κ1) is 9.96. The van der Waals surface area contributed by atoms with Crippen molar-refractivity contribution in [3.05, 3.63) is 35.9 Å². The summed E-state index contributed by atoms with van der Waals surface area (Å²) < 4.78 is 17.7. The molecule has 1 amide bonds. The fraction of sp³-hybridized carbons (Fsp3) is 0.364. The van der Waals surface area contributed by atoms with Crippen molar-refractivity contribution in [3.8, 4) is 0 Å². The highest BCUT2D eigenvalue weighted by Crippen LogP contribution is 2.19. The van der Waals surface area contributed by atoms with Gasteiger partial charge in [-0.3, -0.25) is 4.90 Å². The second-order valence-corrected chi connectivity index (χ2v) is 3.46. The van der Waals surface area contributed by atoms with Gasteiger partial charge < -0.3 is 4.74 Å². The number of ether oxygens (including phenoxy) is 1. The molecule has 1 aliphatic rings. The molecule has 1 saturated heterocycles. The number of halogens is 1. The zero-order valence-corrected chi connectivity index (χ0v) is 8.23. The second-order valence-electron chi connectivity index (χ2n) is 3.46. The van der Waals surface area contributed by atoms with Gasteiger partial charge in [0.25, 0.3) is 0 Å². The molecule has 0 N–H and O–H groups in total. The van der Waals surface area contributed by atoms with Gasteiger partial charge in [-0.05, 0) is 5.56 Å². The lowest BCUT2D eigenvalue weighted by molar-refractivity contribution is -0.0126. The van der Waals surface area contributed by atoms with Crippen LogP contribution in [0.1, 0.15) is 12.0 Å². The number of nitrogens with zero attached hydrogens (tertiary/aromatic N) is 1. The van der Waals surface area contributed by atoms with Gasteiger partial charge in [0.1, 0.15) is 6.61 Å². The summed E-state index contributed by atoms with van der Waals surface area (Å²) in [6.45, 7) is 0.650. The van der Waals surface area contributed by atoms with E-state index >= 15 is 0 Å². The maximum atomic E-state index is 12.8. The highest BCUT2D eigenvalue weighted by atomic mass is 19.1. The molecule has 1 aliphatic heterocycles. The fourth-order valence-electron chi connectivity index (χ4n) is 1.36. The Labute approximate surface area is 87.5 Å². The first-order chi connectivity index (χ1) is 7.27. The summed E-state index contributed by atoms with van der Waals surface area (Å²) in [5.74, 6) is 0. The molecule has 0 radical (unpaired) electrons. The van der Waals surface area contributed by atoms with Crippen LogP contribution in [0.15, 0.2) is 30.3 Å². The molecule has 0 spiro atoms. The van der Waals surface area contributed by atoms with Crippen LogP contribution in [0.3, 0.4) is 0 Å². The van der Waals surface area contributed by atoms with Crippen LogP contribution in [-0.4, -0.2) is 23.8 Å².